The van der Waals surface area contributed by atoms with Crippen LogP contribution in [0.2, 0.25) is 0 Å². The molecule has 0 amide bonds. The Kier molecular flexibility index (Phi) is 7.08. The van der Waals surface area contributed by atoms with Gasteiger partial charge in [0.2, 0.25) is 0 Å². The molecule has 0 aromatic rings. The monoisotopic (exact) mass is 224 g/mol. The molecule has 0 unspecified atom stereocenters. The molecule has 0 saturated heterocycles. The lowest BCUT2D eigenvalue weighted by atomic mass is 10.2. The van der Waals surface area contributed by atoms with Crippen molar-refractivity contribution in [2.24, 2.45) is 0 Å². The van der Waals surface area contributed by atoms with Gasteiger partial charge in [-0.1, -0.05) is 12.8 Å². The van der Waals surface area contributed by atoms with Crippen LogP contribution in [0.3, 0.4) is 0 Å². The third kappa shape index (κ3) is 6.31. The highest BCUT2D eigenvalue weighted by atomic mass is 32.2. The molecule has 86 valence electrons. The fraction of sp³-hybridized carbons (Fsp3) is 1.00. The average Bonchev–Trinajstić information content (AvgIpc) is 2.10. The number of aliphatic hydroxyl groups excluding tert-OH is 1. The summed E-state index contributed by atoms with van der Waals surface area (Å²) in [4.78, 5) is 0. The molecule has 5 nitrogen and oxygen atoms in total. The summed E-state index contributed by atoms with van der Waals surface area (Å²) in [6.07, 6.45) is 3.49. The Hall–Kier alpha value is -0.170. The molecule has 0 heterocycles. The summed E-state index contributed by atoms with van der Waals surface area (Å²) in [5, 5.41) is 8.51. The van der Waals surface area contributed by atoms with E-state index in [1.165, 1.54) is 14.1 Å². The minimum absolute atomic E-state index is 0.212. The Morgan fingerprint density at radius 1 is 1.14 bits per heavy atom. The van der Waals surface area contributed by atoms with Gasteiger partial charge in [0.15, 0.2) is 0 Å². The van der Waals surface area contributed by atoms with Gasteiger partial charge >= 0.3 is 0 Å². The number of hydrogen-bond donors (Lipinski definition) is 2. The average molecular weight is 224 g/mol. The molecule has 0 saturated carbocycles. The normalized spacial score (nSPS) is 12.3. The fourth-order valence-electron chi connectivity index (χ4n) is 0.921. The smallest absolute Gasteiger partial charge is 0.278 e. The molecule has 0 atom stereocenters. The summed E-state index contributed by atoms with van der Waals surface area (Å²) < 4.78 is 26.0. The molecule has 6 heteroatoms. The predicted octanol–water partition coefficient (Wildman–Crippen LogP) is -0.0649. The highest BCUT2D eigenvalue weighted by Crippen LogP contribution is 1.98. The molecule has 0 radical (unpaired) electrons. The van der Waals surface area contributed by atoms with E-state index in [1.807, 2.05) is 0 Å². The van der Waals surface area contributed by atoms with Crippen molar-refractivity contribution in [2.45, 2.75) is 25.7 Å². The van der Waals surface area contributed by atoms with Crippen molar-refractivity contribution in [3.63, 3.8) is 0 Å². The minimum atomic E-state index is -3.26. The quantitative estimate of drug-likeness (QED) is 0.567. The van der Waals surface area contributed by atoms with Crippen LogP contribution in [-0.4, -0.2) is 45.1 Å². The van der Waals surface area contributed by atoms with Crippen molar-refractivity contribution in [3.8, 4) is 0 Å². The van der Waals surface area contributed by atoms with E-state index < -0.39 is 10.2 Å². The first-order valence-corrected chi connectivity index (χ1v) is 6.22. The van der Waals surface area contributed by atoms with Crippen LogP contribution in [0.4, 0.5) is 0 Å². The lowest BCUT2D eigenvalue weighted by Gasteiger charge is -2.11. The maximum Gasteiger partial charge on any atom is 0.278 e. The van der Waals surface area contributed by atoms with Crippen LogP contribution >= 0.6 is 0 Å². The van der Waals surface area contributed by atoms with Gasteiger partial charge in [-0.05, 0) is 12.8 Å². The van der Waals surface area contributed by atoms with Gasteiger partial charge in [-0.25, -0.2) is 4.72 Å². The Labute approximate surface area is 86.3 Å². The Morgan fingerprint density at radius 2 is 1.71 bits per heavy atom. The van der Waals surface area contributed by atoms with Crippen molar-refractivity contribution in [2.75, 3.05) is 27.2 Å². The van der Waals surface area contributed by atoms with Crippen LogP contribution in [0.15, 0.2) is 0 Å². The Bertz CT molecular complexity index is 227. The molecule has 0 fully saturated rings. The van der Waals surface area contributed by atoms with Crippen molar-refractivity contribution >= 4 is 10.2 Å². The molecule has 0 aromatic heterocycles. The van der Waals surface area contributed by atoms with Crippen LogP contribution in [-0.2, 0) is 10.2 Å². The molecule has 0 spiro atoms. The number of rotatable bonds is 8. The van der Waals surface area contributed by atoms with E-state index in [9.17, 15) is 8.42 Å². The number of hydrogen-bond acceptors (Lipinski definition) is 3. The number of unbranched alkanes of at least 4 members (excludes halogenated alkanes) is 3. The lowest BCUT2D eigenvalue weighted by molar-refractivity contribution is 0.282. The first-order chi connectivity index (χ1) is 6.50. The van der Waals surface area contributed by atoms with E-state index in [1.54, 1.807) is 0 Å². The molecule has 0 aliphatic carbocycles. The van der Waals surface area contributed by atoms with Crippen LogP contribution in [0, 0.1) is 0 Å². The highest BCUT2D eigenvalue weighted by Gasteiger charge is 2.10. The minimum Gasteiger partial charge on any atom is -0.396 e. The fourth-order valence-corrected chi connectivity index (χ4v) is 1.58. The standard InChI is InChI=1S/C8H20N2O3S/c1-10(2)14(12,13)9-7-5-3-4-6-8-11/h9,11H,3-8H2,1-2H3. The molecule has 0 bridgehead atoms. The zero-order valence-electron chi connectivity index (χ0n) is 8.86. The van der Waals surface area contributed by atoms with E-state index in [4.69, 9.17) is 5.11 Å². The third-order valence-electron chi connectivity index (χ3n) is 1.85. The van der Waals surface area contributed by atoms with Crippen LogP contribution < -0.4 is 4.72 Å². The van der Waals surface area contributed by atoms with Crippen LogP contribution in [0.5, 0.6) is 0 Å². The van der Waals surface area contributed by atoms with Gasteiger partial charge < -0.3 is 5.11 Å². The molecule has 0 aromatic carbocycles. The van der Waals surface area contributed by atoms with Gasteiger partial charge in [-0.3, -0.25) is 0 Å². The molecule has 2 N–H and O–H groups in total. The summed E-state index contributed by atoms with van der Waals surface area (Å²) in [7, 11) is -0.269. The first-order valence-electron chi connectivity index (χ1n) is 4.78. The predicted molar refractivity (Wildman–Crippen MR) is 56.2 cm³/mol. The highest BCUT2D eigenvalue weighted by molar-refractivity contribution is 7.87. The first kappa shape index (κ1) is 13.8. The molecule has 0 aliphatic rings. The largest absolute Gasteiger partial charge is 0.396 e. The zero-order valence-corrected chi connectivity index (χ0v) is 9.68. The van der Waals surface area contributed by atoms with Crippen molar-refractivity contribution < 1.29 is 13.5 Å². The maximum absolute atomic E-state index is 11.2. The summed E-state index contributed by atoms with van der Waals surface area (Å²) in [5.74, 6) is 0. The molecule has 0 aliphatic heterocycles. The summed E-state index contributed by atoms with van der Waals surface area (Å²) >= 11 is 0. The summed E-state index contributed by atoms with van der Waals surface area (Å²) in [6.45, 7) is 0.676. The topological polar surface area (TPSA) is 69.6 Å². The van der Waals surface area contributed by atoms with Gasteiger partial charge in [-0.15, -0.1) is 0 Å². The van der Waals surface area contributed by atoms with Crippen molar-refractivity contribution in [1.82, 2.24) is 9.03 Å². The molecular weight excluding hydrogens is 204 g/mol. The van der Waals surface area contributed by atoms with E-state index in [-0.39, 0.29) is 6.61 Å². The van der Waals surface area contributed by atoms with Crippen molar-refractivity contribution in [1.29, 1.82) is 0 Å². The second kappa shape index (κ2) is 7.17. The van der Waals surface area contributed by atoms with Gasteiger partial charge in [-0.2, -0.15) is 12.7 Å². The SMILES string of the molecule is CN(C)S(=O)(=O)NCCCCCCO. The Balaban J connectivity index is 3.46. The van der Waals surface area contributed by atoms with Gasteiger partial charge in [0.05, 0.1) is 0 Å². The van der Waals surface area contributed by atoms with Gasteiger partial charge in [0, 0.05) is 27.2 Å². The van der Waals surface area contributed by atoms with Crippen LogP contribution in [0.1, 0.15) is 25.7 Å². The van der Waals surface area contributed by atoms with Crippen LogP contribution in [0.25, 0.3) is 0 Å². The zero-order chi connectivity index (χ0) is 11.0. The van der Waals surface area contributed by atoms with Gasteiger partial charge in [0.25, 0.3) is 10.2 Å². The van der Waals surface area contributed by atoms with E-state index in [0.29, 0.717) is 6.54 Å². The molecular formula is C8H20N2O3S. The molecule has 0 rings (SSSR count). The summed E-state index contributed by atoms with van der Waals surface area (Å²) in [5.41, 5.74) is 0. The van der Waals surface area contributed by atoms with E-state index >= 15 is 0 Å². The van der Waals surface area contributed by atoms with E-state index in [0.717, 1.165) is 30.0 Å². The maximum atomic E-state index is 11.2. The number of nitrogens with one attached hydrogen (secondary N) is 1. The summed E-state index contributed by atoms with van der Waals surface area (Å²) in [6, 6.07) is 0. The second-order valence-electron chi connectivity index (χ2n) is 3.32. The lowest BCUT2D eigenvalue weighted by Crippen LogP contribution is -2.36. The Morgan fingerprint density at radius 3 is 2.21 bits per heavy atom. The van der Waals surface area contributed by atoms with Crippen molar-refractivity contribution in [3.05, 3.63) is 0 Å². The number of nitrogens with zero attached hydrogens (tertiary/aromatic N) is 1. The van der Waals surface area contributed by atoms with Gasteiger partial charge in [0.1, 0.15) is 0 Å². The van der Waals surface area contributed by atoms with E-state index in [2.05, 4.69) is 4.72 Å². The third-order valence-corrected chi connectivity index (χ3v) is 3.38. The number of aliphatic hydroxyl groups is 1. The molecule has 14 heavy (non-hydrogen) atoms. The second-order valence-corrected chi connectivity index (χ2v) is 5.29.